The second-order valence-electron chi connectivity index (χ2n) is 7.81. The number of hydrogen-bond acceptors (Lipinski definition) is 4. The van der Waals surface area contributed by atoms with Crippen LogP contribution in [0.4, 0.5) is 10.8 Å². The summed E-state index contributed by atoms with van der Waals surface area (Å²) in [6.45, 7) is 3.57. The van der Waals surface area contributed by atoms with Crippen molar-refractivity contribution < 1.29 is 9.59 Å². The molecule has 5 nitrogen and oxygen atoms in total. The summed E-state index contributed by atoms with van der Waals surface area (Å²) in [4.78, 5) is 30.9. The van der Waals surface area contributed by atoms with E-state index in [1.807, 2.05) is 35.7 Å². The highest BCUT2D eigenvalue weighted by atomic mass is 32.1. The number of carbonyl (C=O) groups is 2. The smallest absolute Gasteiger partial charge is 0.244 e. The van der Waals surface area contributed by atoms with Gasteiger partial charge < -0.3 is 5.32 Å². The lowest BCUT2D eigenvalue weighted by molar-refractivity contribution is -0.117. The zero-order valence-corrected chi connectivity index (χ0v) is 18.4. The molecule has 1 aromatic heterocycles. The van der Waals surface area contributed by atoms with Crippen LogP contribution in [0.3, 0.4) is 0 Å². The highest BCUT2D eigenvalue weighted by Crippen LogP contribution is 2.41. The molecule has 0 spiro atoms. The fourth-order valence-electron chi connectivity index (χ4n) is 3.50. The number of hydrogen-bond donors (Lipinski definition) is 1. The molecule has 4 rings (SSSR count). The van der Waals surface area contributed by atoms with Crippen molar-refractivity contribution >= 4 is 40.0 Å². The first-order valence-electron chi connectivity index (χ1n) is 10.4. The number of para-hydroxylation sites is 1. The molecule has 1 aliphatic carbocycles. The van der Waals surface area contributed by atoms with Gasteiger partial charge in [0.05, 0.1) is 17.4 Å². The van der Waals surface area contributed by atoms with Gasteiger partial charge in [-0.1, -0.05) is 48.0 Å². The molecule has 6 heteroatoms. The number of rotatable bonds is 7. The lowest BCUT2D eigenvalue weighted by Gasteiger charge is -2.18. The monoisotopic (exact) mass is 431 g/mol. The van der Waals surface area contributed by atoms with Crippen molar-refractivity contribution in [1.82, 2.24) is 10.3 Å². The predicted molar refractivity (Wildman–Crippen MR) is 125 cm³/mol. The van der Waals surface area contributed by atoms with Crippen LogP contribution in [-0.2, 0) is 9.59 Å². The van der Waals surface area contributed by atoms with Crippen LogP contribution in [0.5, 0.6) is 0 Å². The Morgan fingerprint density at radius 3 is 2.48 bits per heavy atom. The maximum absolute atomic E-state index is 12.6. The summed E-state index contributed by atoms with van der Waals surface area (Å²) in [5.41, 5.74) is 3.77. The van der Waals surface area contributed by atoms with Crippen LogP contribution >= 0.6 is 11.3 Å². The first-order valence-corrected chi connectivity index (χ1v) is 11.3. The maximum atomic E-state index is 12.6. The third kappa shape index (κ3) is 5.27. The molecular weight excluding hydrogens is 406 g/mol. The third-order valence-electron chi connectivity index (χ3n) is 5.26. The Hall–Kier alpha value is -3.25. The molecule has 1 atom stereocenters. The van der Waals surface area contributed by atoms with Crippen molar-refractivity contribution in [1.29, 1.82) is 0 Å². The van der Waals surface area contributed by atoms with E-state index in [0.717, 1.165) is 24.1 Å². The lowest BCUT2D eigenvalue weighted by atomic mass is 10.0. The zero-order chi connectivity index (χ0) is 21.8. The van der Waals surface area contributed by atoms with Crippen LogP contribution in [-0.4, -0.2) is 16.8 Å². The van der Waals surface area contributed by atoms with E-state index in [9.17, 15) is 9.59 Å². The molecule has 1 unspecified atom stereocenters. The minimum atomic E-state index is -0.140. The summed E-state index contributed by atoms with van der Waals surface area (Å²) in [6, 6.07) is 17.8. The maximum Gasteiger partial charge on any atom is 0.244 e. The standard InChI is InChI=1S/C25H25N3O2S/c1-17-8-10-19(11-9-17)24(20-12-13-20)27-23(30)15-14-21-16-31-25(26-21)28(18(2)29)22-6-4-3-5-7-22/h3-11,14-16,20,24H,12-13H2,1-2H3,(H,27,30)/b15-14+. The summed E-state index contributed by atoms with van der Waals surface area (Å²) in [7, 11) is 0. The number of benzene rings is 2. The lowest BCUT2D eigenvalue weighted by Crippen LogP contribution is -2.28. The van der Waals surface area contributed by atoms with Crippen LogP contribution in [0.25, 0.3) is 6.08 Å². The Kier molecular flexibility index (Phi) is 6.28. The van der Waals surface area contributed by atoms with Crippen molar-refractivity contribution in [2.24, 2.45) is 5.92 Å². The average molecular weight is 432 g/mol. The van der Waals surface area contributed by atoms with Gasteiger partial charge in [-0.25, -0.2) is 4.98 Å². The van der Waals surface area contributed by atoms with Crippen LogP contribution in [0.15, 0.2) is 66.1 Å². The van der Waals surface area contributed by atoms with Gasteiger partial charge in [0.25, 0.3) is 0 Å². The van der Waals surface area contributed by atoms with Gasteiger partial charge in [0, 0.05) is 18.4 Å². The number of nitrogens with one attached hydrogen (secondary N) is 1. The Morgan fingerprint density at radius 2 is 1.84 bits per heavy atom. The van der Waals surface area contributed by atoms with Crippen LogP contribution < -0.4 is 10.2 Å². The minimum absolute atomic E-state index is 0.0371. The fraction of sp³-hybridized carbons (Fsp3) is 0.240. The number of anilines is 2. The van der Waals surface area contributed by atoms with Gasteiger partial charge in [0.15, 0.2) is 5.13 Å². The molecule has 1 fully saturated rings. The second kappa shape index (κ2) is 9.27. The van der Waals surface area contributed by atoms with E-state index in [1.54, 1.807) is 11.0 Å². The molecular formula is C25H25N3O2S. The van der Waals surface area contributed by atoms with Gasteiger partial charge >= 0.3 is 0 Å². The van der Waals surface area contributed by atoms with E-state index in [0.29, 0.717) is 16.7 Å². The Balaban J connectivity index is 1.45. The Bertz CT molecular complexity index is 1090. The SMILES string of the molecule is CC(=O)N(c1ccccc1)c1nc(/C=C/C(=O)NC(c2ccc(C)cc2)C2CC2)cs1. The largest absolute Gasteiger partial charge is 0.345 e. The molecule has 3 aromatic rings. The molecule has 1 heterocycles. The Labute approximate surface area is 186 Å². The van der Waals surface area contributed by atoms with Gasteiger partial charge in [-0.15, -0.1) is 11.3 Å². The molecule has 1 aliphatic rings. The van der Waals surface area contributed by atoms with Crippen LogP contribution in [0.2, 0.25) is 0 Å². The molecule has 2 amide bonds. The van der Waals surface area contributed by atoms with Crippen molar-refractivity contribution in [3.8, 4) is 0 Å². The second-order valence-corrected chi connectivity index (χ2v) is 8.65. The van der Waals surface area contributed by atoms with Crippen molar-refractivity contribution in [3.63, 3.8) is 0 Å². The number of carbonyl (C=O) groups excluding carboxylic acids is 2. The topological polar surface area (TPSA) is 62.3 Å². The molecule has 1 N–H and O–H groups in total. The van der Waals surface area contributed by atoms with E-state index in [-0.39, 0.29) is 17.9 Å². The number of amides is 2. The average Bonchev–Trinajstić information content (AvgIpc) is 3.51. The summed E-state index contributed by atoms with van der Waals surface area (Å²) >= 11 is 1.37. The molecule has 2 aromatic carbocycles. The summed E-state index contributed by atoms with van der Waals surface area (Å²) in [5.74, 6) is 0.249. The van der Waals surface area contributed by atoms with E-state index >= 15 is 0 Å². The first kappa shape index (κ1) is 21.0. The summed E-state index contributed by atoms with van der Waals surface area (Å²) in [5, 5.41) is 5.57. The van der Waals surface area contributed by atoms with E-state index in [1.165, 1.54) is 29.9 Å². The quantitative estimate of drug-likeness (QED) is 0.508. The highest BCUT2D eigenvalue weighted by molar-refractivity contribution is 7.14. The van der Waals surface area contributed by atoms with Crippen molar-refractivity contribution in [2.75, 3.05) is 4.90 Å². The van der Waals surface area contributed by atoms with Gasteiger partial charge in [-0.2, -0.15) is 0 Å². The van der Waals surface area contributed by atoms with Crippen molar-refractivity contribution in [2.45, 2.75) is 32.7 Å². The molecule has 0 saturated heterocycles. The summed E-state index contributed by atoms with van der Waals surface area (Å²) in [6.07, 6.45) is 5.48. The molecule has 31 heavy (non-hydrogen) atoms. The van der Waals surface area contributed by atoms with Crippen LogP contribution in [0.1, 0.15) is 42.6 Å². The number of thiazole rings is 1. The number of aromatic nitrogens is 1. The third-order valence-corrected chi connectivity index (χ3v) is 6.11. The predicted octanol–water partition coefficient (Wildman–Crippen LogP) is 5.42. The minimum Gasteiger partial charge on any atom is -0.345 e. The van der Waals surface area contributed by atoms with Gasteiger partial charge in [-0.05, 0) is 49.5 Å². The fourth-order valence-corrected chi connectivity index (χ4v) is 4.35. The summed E-state index contributed by atoms with van der Waals surface area (Å²) < 4.78 is 0. The number of nitrogens with zero attached hydrogens (tertiary/aromatic N) is 2. The molecule has 1 saturated carbocycles. The highest BCUT2D eigenvalue weighted by Gasteiger charge is 2.33. The van der Waals surface area contributed by atoms with Crippen LogP contribution in [0, 0.1) is 12.8 Å². The number of aryl methyl sites for hydroxylation is 1. The van der Waals surface area contributed by atoms with Gasteiger partial charge in [0.2, 0.25) is 11.8 Å². The molecule has 158 valence electrons. The van der Waals surface area contributed by atoms with Crippen molar-refractivity contribution in [3.05, 3.63) is 82.9 Å². The zero-order valence-electron chi connectivity index (χ0n) is 17.6. The Morgan fingerprint density at radius 1 is 1.13 bits per heavy atom. The van der Waals surface area contributed by atoms with Gasteiger partial charge in [0.1, 0.15) is 0 Å². The molecule has 0 aliphatic heterocycles. The first-order chi connectivity index (χ1) is 15.0. The van der Waals surface area contributed by atoms with E-state index in [4.69, 9.17) is 0 Å². The van der Waals surface area contributed by atoms with E-state index in [2.05, 4.69) is 41.5 Å². The normalized spacial score (nSPS) is 14.4. The molecule has 0 radical (unpaired) electrons. The van der Waals surface area contributed by atoms with E-state index < -0.39 is 0 Å². The molecule has 0 bridgehead atoms. The van der Waals surface area contributed by atoms with Gasteiger partial charge in [-0.3, -0.25) is 14.5 Å².